The summed E-state index contributed by atoms with van der Waals surface area (Å²) in [4.78, 5) is 7.31. The largest absolute Gasteiger partial charge is 0.301 e. The summed E-state index contributed by atoms with van der Waals surface area (Å²) in [5.41, 5.74) is 1.14. The van der Waals surface area contributed by atoms with Crippen LogP contribution in [0.2, 0.25) is 0 Å². The lowest BCUT2D eigenvalue weighted by molar-refractivity contribution is 0.532. The monoisotopic (exact) mass is 344 g/mol. The molecule has 2 rings (SSSR count). The van der Waals surface area contributed by atoms with E-state index < -0.39 is 0 Å². The van der Waals surface area contributed by atoms with Crippen molar-refractivity contribution in [3.63, 3.8) is 0 Å². The summed E-state index contributed by atoms with van der Waals surface area (Å²) in [6.07, 6.45) is 0. The molecule has 2 heterocycles. The fourth-order valence-corrected chi connectivity index (χ4v) is 4.29. The topological polar surface area (TPSA) is 24.9 Å². The van der Waals surface area contributed by atoms with Gasteiger partial charge in [0.05, 0.1) is 11.7 Å². The van der Waals surface area contributed by atoms with E-state index in [1.54, 1.807) is 22.7 Å². The first-order valence-electron chi connectivity index (χ1n) is 5.91. The Kier molecular flexibility index (Phi) is 4.59. The summed E-state index contributed by atoms with van der Waals surface area (Å²) in [6.45, 7) is 8.55. The van der Waals surface area contributed by atoms with E-state index in [-0.39, 0.29) is 6.04 Å². The minimum Gasteiger partial charge on any atom is -0.301 e. The molecule has 2 aromatic heterocycles. The molecule has 0 aromatic carbocycles. The summed E-state index contributed by atoms with van der Waals surface area (Å²) in [5.74, 6) is 0. The molecule has 0 fully saturated rings. The predicted octanol–water partition coefficient (Wildman–Crippen LogP) is 4.67. The quantitative estimate of drug-likeness (QED) is 0.871. The third kappa shape index (κ3) is 3.20. The third-order valence-electron chi connectivity index (χ3n) is 2.66. The van der Waals surface area contributed by atoms with Crippen LogP contribution in [-0.4, -0.2) is 11.0 Å². The molecule has 1 N–H and O–H groups in total. The van der Waals surface area contributed by atoms with Gasteiger partial charge in [0.1, 0.15) is 5.01 Å². The van der Waals surface area contributed by atoms with Crippen LogP contribution < -0.4 is 5.32 Å². The van der Waals surface area contributed by atoms with Crippen molar-refractivity contribution < 1.29 is 0 Å². The van der Waals surface area contributed by atoms with Gasteiger partial charge in [0.15, 0.2) is 0 Å². The second-order valence-electron chi connectivity index (χ2n) is 4.62. The van der Waals surface area contributed by atoms with E-state index in [9.17, 15) is 0 Å². The van der Waals surface area contributed by atoms with Crippen molar-refractivity contribution in [1.29, 1.82) is 0 Å². The lowest BCUT2D eigenvalue weighted by Gasteiger charge is -2.17. The SMILES string of the molecule is Cc1nc(C(NC(C)C)c2cc(Br)cs2)sc1C. The Morgan fingerprint density at radius 2 is 2.06 bits per heavy atom. The normalized spacial score (nSPS) is 13.2. The van der Waals surface area contributed by atoms with E-state index in [4.69, 9.17) is 4.98 Å². The van der Waals surface area contributed by atoms with Gasteiger partial charge < -0.3 is 5.32 Å². The molecule has 0 aliphatic rings. The van der Waals surface area contributed by atoms with Crippen molar-refractivity contribution in [1.82, 2.24) is 10.3 Å². The molecule has 2 aromatic rings. The number of rotatable bonds is 4. The molecule has 0 radical (unpaired) electrons. The Balaban J connectivity index is 2.36. The highest BCUT2D eigenvalue weighted by molar-refractivity contribution is 9.10. The van der Waals surface area contributed by atoms with E-state index in [1.807, 2.05) is 0 Å². The van der Waals surface area contributed by atoms with Gasteiger partial charge in [0.2, 0.25) is 0 Å². The van der Waals surface area contributed by atoms with E-state index >= 15 is 0 Å². The van der Waals surface area contributed by atoms with Crippen molar-refractivity contribution in [2.45, 2.75) is 39.8 Å². The van der Waals surface area contributed by atoms with E-state index in [0.29, 0.717) is 6.04 Å². The summed E-state index contributed by atoms with van der Waals surface area (Å²) < 4.78 is 1.14. The molecule has 1 atom stereocenters. The van der Waals surface area contributed by atoms with Crippen molar-refractivity contribution in [2.75, 3.05) is 0 Å². The maximum Gasteiger partial charge on any atom is 0.115 e. The minimum absolute atomic E-state index is 0.207. The van der Waals surface area contributed by atoms with Crippen LogP contribution in [0, 0.1) is 13.8 Å². The molecule has 0 bridgehead atoms. The second-order valence-corrected chi connectivity index (χ2v) is 7.71. The number of hydrogen-bond acceptors (Lipinski definition) is 4. The molecule has 98 valence electrons. The smallest absolute Gasteiger partial charge is 0.115 e. The standard InChI is InChI=1S/C13H17BrN2S2/c1-7(2)15-12(11-5-10(14)6-17-11)13-16-8(3)9(4)18-13/h5-7,12,15H,1-4H3. The highest BCUT2D eigenvalue weighted by Gasteiger charge is 2.21. The van der Waals surface area contributed by atoms with Crippen LogP contribution in [0.3, 0.4) is 0 Å². The average Bonchev–Trinajstić information content (AvgIpc) is 2.83. The Labute approximate surface area is 125 Å². The number of nitrogens with zero attached hydrogens (tertiary/aromatic N) is 1. The van der Waals surface area contributed by atoms with Gasteiger partial charge in [-0.2, -0.15) is 0 Å². The summed E-state index contributed by atoms with van der Waals surface area (Å²) >= 11 is 7.08. The molecule has 0 saturated carbocycles. The Bertz CT molecular complexity index is 511. The van der Waals surface area contributed by atoms with Crippen molar-refractivity contribution in [2.24, 2.45) is 0 Å². The fourth-order valence-electron chi connectivity index (χ4n) is 1.71. The molecular weight excluding hydrogens is 328 g/mol. The number of nitrogens with one attached hydrogen (secondary N) is 1. The first kappa shape index (κ1) is 14.2. The van der Waals surface area contributed by atoms with Crippen LogP contribution in [0.25, 0.3) is 0 Å². The molecule has 0 spiro atoms. The van der Waals surface area contributed by atoms with Gasteiger partial charge in [-0.1, -0.05) is 0 Å². The van der Waals surface area contributed by atoms with Crippen LogP contribution in [0.4, 0.5) is 0 Å². The maximum absolute atomic E-state index is 4.70. The molecular formula is C13H17BrN2S2. The van der Waals surface area contributed by atoms with E-state index in [2.05, 4.69) is 60.4 Å². The summed E-state index contributed by atoms with van der Waals surface area (Å²) in [7, 11) is 0. The lowest BCUT2D eigenvalue weighted by Crippen LogP contribution is -2.28. The zero-order valence-electron chi connectivity index (χ0n) is 11.0. The van der Waals surface area contributed by atoms with Crippen LogP contribution >= 0.6 is 38.6 Å². The van der Waals surface area contributed by atoms with Gasteiger partial charge >= 0.3 is 0 Å². The van der Waals surface area contributed by atoms with E-state index in [1.165, 1.54) is 9.75 Å². The maximum atomic E-state index is 4.70. The number of halogens is 1. The zero-order valence-corrected chi connectivity index (χ0v) is 14.2. The molecule has 0 aliphatic heterocycles. The van der Waals surface area contributed by atoms with Gasteiger partial charge in [-0.15, -0.1) is 22.7 Å². The predicted molar refractivity (Wildman–Crippen MR) is 83.7 cm³/mol. The fraction of sp³-hybridized carbons (Fsp3) is 0.462. The number of thiazole rings is 1. The summed E-state index contributed by atoms with van der Waals surface area (Å²) in [6, 6.07) is 2.82. The second kappa shape index (κ2) is 5.82. The average molecular weight is 345 g/mol. The van der Waals surface area contributed by atoms with Crippen LogP contribution in [0.5, 0.6) is 0 Å². The third-order valence-corrected chi connectivity index (χ3v) is 5.56. The molecule has 0 saturated heterocycles. The van der Waals surface area contributed by atoms with Gasteiger partial charge in [-0.25, -0.2) is 4.98 Å². The zero-order chi connectivity index (χ0) is 13.3. The molecule has 0 amide bonds. The molecule has 5 heteroatoms. The first-order chi connectivity index (χ1) is 8.47. The van der Waals surface area contributed by atoms with Crippen molar-refractivity contribution in [3.05, 3.63) is 36.4 Å². The number of aromatic nitrogens is 1. The Morgan fingerprint density at radius 1 is 1.33 bits per heavy atom. The number of thiophene rings is 1. The molecule has 1 unspecified atom stereocenters. The molecule has 2 nitrogen and oxygen atoms in total. The molecule has 18 heavy (non-hydrogen) atoms. The highest BCUT2D eigenvalue weighted by atomic mass is 79.9. The van der Waals surface area contributed by atoms with Crippen LogP contribution in [-0.2, 0) is 0 Å². The number of hydrogen-bond donors (Lipinski definition) is 1. The van der Waals surface area contributed by atoms with E-state index in [0.717, 1.165) is 15.2 Å². The van der Waals surface area contributed by atoms with Gasteiger partial charge in [-0.3, -0.25) is 0 Å². The summed E-state index contributed by atoms with van der Waals surface area (Å²) in [5, 5.41) is 6.89. The Hall–Kier alpha value is -0.230. The molecule has 0 aliphatic carbocycles. The Morgan fingerprint density at radius 3 is 2.50 bits per heavy atom. The van der Waals surface area contributed by atoms with Crippen LogP contribution in [0.1, 0.15) is 40.3 Å². The van der Waals surface area contributed by atoms with Crippen molar-refractivity contribution in [3.8, 4) is 0 Å². The van der Waals surface area contributed by atoms with Gasteiger partial charge in [0.25, 0.3) is 0 Å². The van der Waals surface area contributed by atoms with Crippen LogP contribution in [0.15, 0.2) is 15.9 Å². The number of aryl methyl sites for hydroxylation is 2. The minimum atomic E-state index is 0.207. The first-order valence-corrected chi connectivity index (χ1v) is 8.40. The van der Waals surface area contributed by atoms with Gasteiger partial charge in [0, 0.05) is 25.6 Å². The van der Waals surface area contributed by atoms with Gasteiger partial charge in [-0.05, 0) is 49.7 Å². The van der Waals surface area contributed by atoms with Crippen molar-refractivity contribution >= 4 is 38.6 Å². The highest BCUT2D eigenvalue weighted by Crippen LogP contribution is 2.33. The lowest BCUT2D eigenvalue weighted by atomic mass is 10.2.